The lowest BCUT2D eigenvalue weighted by molar-refractivity contribution is -0.166. The molecule has 1 atom stereocenters. The predicted octanol–water partition coefficient (Wildman–Crippen LogP) is 19.9. The third-order valence-electron chi connectivity index (χ3n) is 12.6. The van der Waals surface area contributed by atoms with E-state index in [1.807, 2.05) is 6.08 Å². The van der Waals surface area contributed by atoms with Crippen LogP contribution in [0.4, 0.5) is 0 Å². The first-order chi connectivity index (χ1) is 34.5. The van der Waals surface area contributed by atoms with Crippen LogP contribution in [-0.4, -0.2) is 37.2 Å². The first-order valence-corrected chi connectivity index (χ1v) is 29.6. The molecule has 0 heterocycles. The summed E-state index contributed by atoms with van der Waals surface area (Å²) >= 11 is 0. The molecule has 0 spiro atoms. The van der Waals surface area contributed by atoms with Gasteiger partial charge in [0, 0.05) is 19.3 Å². The van der Waals surface area contributed by atoms with Gasteiger partial charge in [0.2, 0.25) is 0 Å². The highest BCUT2D eigenvalue weighted by atomic mass is 16.6. The zero-order valence-electron chi connectivity index (χ0n) is 46.0. The standard InChI is InChI=1S/C64H110O6/c1-4-7-10-13-16-19-22-25-28-31-32-34-36-39-42-45-48-51-54-57-63(66)69-60-61(59-68-62(65)56-53-50-47-44-41-38-35-30-27-24-21-18-15-12-9-6-3)70-64(67)58-55-52-49-46-43-40-37-33-29-26-23-20-17-14-11-8-5-2/h7,10,16,19,25,28,30,32,34-35,39,42,48,51,61H,4-6,8-9,11-15,17-18,20-24,26-27,29,31,33,36-38,40-41,43-47,49-50,52-60H2,1-3H3/b10-7-,19-16-,28-25-,34-32-,35-30-,42-39-,51-48-. The molecule has 0 aliphatic heterocycles. The summed E-state index contributed by atoms with van der Waals surface area (Å²) in [6.45, 7) is 6.48. The second-order valence-electron chi connectivity index (χ2n) is 19.5. The van der Waals surface area contributed by atoms with Crippen molar-refractivity contribution in [2.75, 3.05) is 13.2 Å². The van der Waals surface area contributed by atoms with Gasteiger partial charge in [-0.25, -0.2) is 0 Å². The molecule has 0 saturated carbocycles. The van der Waals surface area contributed by atoms with Crippen molar-refractivity contribution >= 4 is 17.9 Å². The first-order valence-electron chi connectivity index (χ1n) is 29.6. The van der Waals surface area contributed by atoms with Crippen LogP contribution in [0.25, 0.3) is 0 Å². The zero-order chi connectivity index (χ0) is 50.7. The van der Waals surface area contributed by atoms with E-state index in [4.69, 9.17) is 14.2 Å². The van der Waals surface area contributed by atoms with E-state index in [2.05, 4.69) is 99.8 Å². The molecule has 0 saturated heterocycles. The number of unbranched alkanes of at least 4 members (excludes halogenated alkanes) is 28. The van der Waals surface area contributed by atoms with Gasteiger partial charge >= 0.3 is 17.9 Å². The average Bonchev–Trinajstić information content (AvgIpc) is 3.36. The maximum Gasteiger partial charge on any atom is 0.306 e. The van der Waals surface area contributed by atoms with E-state index in [9.17, 15) is 14.4 Å². The lowest BCUT2D eigenvalue weighted by Crippen LogP contribution is -2.30. The normalized spacial score (nSPS) is 12.7. The maximum atomic E-state index is 12.9. The summed E-state index contributed by atoms with van der Waals surface area (Å²) in [7, 11) is 0. The number of esters is 3. The van der Waals surface area contributed by atoms with Gasteiger partial charge in [-0.1, -0.05) is 266 Å². The minimum absolute atomic E-state index is 0.102. The Balaban J connectivity index is 4.49. The topological polar surface area (TPSA) is 78.9 Å². The van der Waals surface area contributed by atoms with Crippen LogP contribution >= 0.6 is 0 Å². The fourth-order valence-corrected chi connectivity index (χ4v) is 8.23. The fourth-order valence-electron chi connectivity index (χ4n) is 8.23. The predicted molar refractivity (Wildman–Crippen MR) is 302 cm³/mol. The average molecular weight is 976 g/mol. The van der Waals surface area contributed by atoms with Crippen molar-refractivity contribution < 1.29 is 28.6 Å². The third-order valence-corrected chi connectivity index (χ3v) is 12.6. The SMILES string of the molecule is CC/C=C\C/C=C\C/C=C\C/C=C\C/C=C\C/C=C\CCC(=O)OCC(COC(=O)CCCCCCC/C=C\CCCCCCCCC)OC(=O)CCCCCCCCCCCCCCCCCCC. The van der Waals surface area contributed by atoms with E-state index in [0.29, 0.717) is 19.3 Å². The summed E-state index contributed by atoms with van der Waals surface area (Å²) in [6, 6.07) is 0. The van der Waals surface area contributed by atoms with E-state index in [1.165, 1.54) is 154 Å². The van der Waals surface area contributed by atoms with E-state index in [0.717, 1.165) is 83.5 Å². The van der Waals surface area contributed by atoms with Gasteiger partial charge in [0.05, 0.1) is 0 Å². The van der Waals surface area contributed by atoms with Gasteiger partial charge in [-0.15, -0.1) is 0 Å². The van der Waals surface area contributed by atoms with Crippen LogP contribution in [-0.2, 0) is 28.6 Å². The molecular weight excluding hydrogens is 865 g/mol. The highest BCUT2D eigenvalue weighted by Crippen LogP contribution is 2.16. The smallest absolute Gasteiger partial charge is 0.306 e. The van der Waals surface area contributed by atoms with Gasteiger partial charge in [-0.3, -0.25) is 14.4 Å². The van der Waals surface area contributed by atoms with E-state index in [-0.39, 0.29) is 37.5 Å². The quantitative estimate of drug-likeness (QED) is 0.0261. The van der Waals surface area contributed by atoms with Crippen molar-refractivity contribution in [3.63, 3.8) is 0 Å². The van der Waals surface area contributed by atoms with Crippen molar-refractivity contribution in [3.8, 4) is 0 Å². The Kier molecular flexibility index (Phi) is 55.3. The van der Waals surface area contributed by atoms with Crippen LogP contribution in [0.5, 0.6) is 0 Å². The van der Waals surface area contributed by atoms with Crippen LogP contribution in [0, 0.1) is 0 Å². The van der Waals surface area contributed by atoms with E-state index < -0.39 is 6.10 Å². The highest BCUT2D eigenvalue weighted by molar-refractivity contribution is 5.71. The summed E-state index contributed by atoms with van der Waals surface area (Å²) in [5.41, 5.74) is 0. The lowest BCUT2D eigenvalue weighted by atomic mass is 10.0. The second-order valence-corrected chi connectivity index (χ2v) is 19.5. The van der Waals surface area contributed by atoms with E-state index in [1.54, 1.807) is 0 Å². The molecule has 0 aromatic carbocycles. The number of carbonyl (C=O) groups is 3. The van der Waals surface area contributed by atoms with Crippen molar-refractivity contribution in [2.24, 2.45) is 0 Å². The van der Waals surface area contributed by atoms with Gasteiger partial charge < -0.3 is 14.2 Å². The molecule has 0 aromatic heterocycles. The molecule has 70 heavy (non-hydrogen) atoms. The third kappa shape index (κ3) is 55.5. The second kappa shape index (κ2) is 58.2. The number of ether oxygens (including phenoxy) is 3. The van der Waals surface area contributed by atoms with Crippen LogP contribution in [0.2, 0.25) is 0 Å². The summed E-state index contributed by atoms with van der Waals surface area (Å²) in [5.74, 6) is -0.987. The molecule has 0 bridgehead atoms. The van der Waals surface area contributed by atoms with Gasteiger partial charge in [0.1, 0.15) is 13.2 Å². The van der Waals surface area contributed by atoms with Gasteiger partial charge in [0.25, 0.3) is 0 Å². The largest absolute Gasteiger partial charge is 0.462 e. The van der Waals surface area contributed by atoms with Crippen molar-refractivity contribution in [3.05, 3.63) is 85.1 Å². The minimum atomic E-state index is -0.809. The summed E-state index contributed by atoms with van der Waals surface area (Å²) < 4.78 is 16.8. The van der Waals surface area contributed by atoms with Gasteiger partial charge in [-0.2, -0.15) is 0 Å². The number of rotatable bonds is 53. The summed E-state index contributed by atoms with van der Waals surface area (Å²) in [6.07, 6.45) is 75.9. The highest BCUT2D eigenvalue weighted by Gasteiger charge is 2.19. The number of hydrogen-bond donors (Lipinski definition) is 0. The van der Waals surface area contributed by atoms with Crippen LogP contribution in [0.1, 0.15) is 284 Å². The van der Waals surface area contributed by atoms with Crippen LogP contribution in [0.3, 0.4) is 0 Å². The van der Waals surface area contributed by atoms with Gasteiger partial charge in [-0.05, 0) is 83.5 Å². The molecule has 0 radical (unpaired) electrons. The summed E-state index contributed by atoms with van der Waals surface area (Å²) in [4.78, 5) is 38.2. The minimum Gasteiger partial charge on any atom is -0.462 e. The first kappa shape index (κ1) is 66.6. The number of allylic oxidation sites excluding steroid dienone is 14. The fraction of sp³-hybridized carbons (Fsp3) is 0.734. The Labute approximate surface area is 433 Å². The maximum absolute atomic E-state index is 12.9. The molecule has 0 rings (SSSR count). The molecular formula is C64H110O6. The van der Waals surface area contributed by atoms with Crippen molar-refractivity contribution in [2.45, 2.75) is 290 Å². The Morgan fingerprint density at radius 3 is 0.957 bits per heavy atom. The Bertz CT molecular complexity index is 1350. The molecule has 0 aromatic rings. The molecule has 0 aliphatic rings. The molecule has 6 nitrogen and oxygen atoms in total. The molecule has 6 heteroatoms. The number of hydrogen-bond acceptors (Lipinski definition) is 6. The monoisotopic (exact) mass is 975 g/mol. The van der Waals surface area contributed by atoms with Crippen LogP contribution < -0.4 is 0 Å². The van der Waals surface area contributed by atoms with E-state index >= 15 is 0 Å². The van der Waals surface area contributed by atoms with Crippen molar-refractivity contribution in [1.82, 2.24) is 0 Å². The Hall–Kier alpha value is -3.41. The summed E-state index contributed by atoms with van der Waals surface area (Å²) in [5, 5.41) is 0. The van der Waals surface area contributed by atoms with Crippen LogP contribution in [0.15, 0.2) is 85.1 Å². The molecule has 0 N–H and O–H groups in total. The van der Waals surface area contributed by atoms with Gasteiger partial charge in [0.15, 0.2) is 6.10 Å². The molecule has 1 unspecified atom stereocenters. The zero-order valence-corrected chi connectivity index (χ0v) is 46.0. The Morgan fingerprint density at radius 2 is 0.586 bits per heavy atom. The Morgan fingerprint density at radius 1 is 0.300 bits per heavy atom. The molecule has 0 aliphatic carbocycles. The lowest BCUT2D eigenvalue weighted by Gasteiger charge is -2.18. The number of carbonyl (C=O) groups excluding carboxylic acids is 3. The molecule has 402 valence electrons. The molecule has 0 amide bonds. The molecule has 0 fully saturated rings. The van der Waals surface area contributed by atoms with Crippen molar-refractivity contribution in [1.29, 1.82) is 0 Å².